The number of hydrogen-bond donors (Lipinski definition) is 3. The van der Waals surface area contributed by atoms with Crippen LogP contribution in [0.1, 0.15) is 11.1 Å². The SMILES string of the molecule is O=C(N[C@H](Cc1ccc(OCc2c(Cl)cccc2Cl)cc1)C(=O)O)[C@H]1CSCN1C(=O)O. The number of hydrogen-bond acceptors (Lipinski definition) is 5. The van der Waals surface area contributed by atoms with E-state index in [4.69, 9.17) is 27.9 Å². The molecule has 8 nitrogen and oxygen atoms in total. The Kier molecular flexibility index (Phi) is 8.11. The van der Waals surface area contributed by atoms with Gasteiger partial charge in [-0.15, -0.1) is 11.8 Å². The standard InChI is InChI=1S/C21H20Cl2N2O6S/c22-15-2-1-3-16(23)14(15)9-31-13-6-4-12(5-7-13)8-17(20(27)28)24-19(26)18-10-32-11-25(18)21(29)30/h1-7,17-18H,8-11H2,(H,24,26)(H,27,28)(H,29,30)/t17-,18-/m1/s1. The Morgan fingerprint density at radius 3 is 2.38 bits per heavy atom. The number of benzene rings is 2. The smallest absolute Gasteiger partial charge is 0.408 e. The van der Waals surface area contributed by atoms with Gasteiger partial charge < -0.3 is 20.3 Å². The summed E-state index contributed by atoms with van der Waals surface area (Å²) in [6.07, 6.45) is -1.18. The molecule has 32 heavy (non-hydrogen) atoms. The number of carbonyl (C=O) groups excluding carboxylic acids is 1. The van der Waals surface area contributed by atoms with Gasteiger partial charge in [-0.3, -0.25) is 9.69 Å². The number of aliphatic carboxylic acids is 1. The van der Waals surface area contributed by atoms with Crippen LogP contribution in [-0.4, -0.2) is 56.8 Å². The molecule has 0 spiro atoms. The molecule has 2 atom stereocenters. The van der Waals surface area contributed by atoms with Gasteiger partial charge in [0.15, 0.2) is 0 Å². The van der Waals surface area contributed by atoms with Crippen LogP contribution in [0.15, 0.2) is 42.5 Å². The Hall–Kier alpha value is -2.62. The monoisotopic (exact) mass is 498 g/mol. The molecule has 0 aliphatic carbocycles. The molecule has 1 fully saturated rings. The van der Waals surface area contributed by atoms with Gasteiger partial charge in [0.25, 0.3) is 0 Å². The number of nitrogens with one attached hydrogen (secondary N) is 1. The summed E-state index contributed by atoms with van der Waals surface area (Å²) in [6.45, 7) is 0.172. The quantitative estimate of drug-likeness (QED) is 0.507. The van der Waals surface area contributed by atoms with Gasteiger partial charge in [-0.05, 0) is 29.8 Å². The minimum Gasteiger partial charge on any atom is -0.489 e. The molecule has 170 valence electrons. The van der Waals surface area contributed by atoms with Crippen LogP contribution in [0.3, 0.4) is 0 Å². The van der Waals surface area contributed by atoms with Crippen molar-refractivity contribution in [3.8, 4) is 5.75 Å². The molecule has 3 N–H and O–H groups in total. The first-order chi connectivity index (χ1) is 15.3. The summed E-state index contributed by atoms with van der Waals surface area (Å²) in [5.41, 5.74) is 1.32. The molecule has 1 saturated heterocycles. The lowest BCUT2D eigenvalue weighted by Gasteiger charge is -2.22. The Morgan fingerprint density at radius 2 is 1.78 bits per heavy atom. The number of nitrogens with zero attached hydrogens (tertiary/aromatic N) is 1. The fraction of sp³-hybridized carbons (Fsp3) is 0.286. The lowest BCUT2D eigenvalue weighted by molar-refractivity contribution is -0.142. The second-order valence-electron chi connectivity index (χ2n) is 7.00. The van der Waals surface area contributed by atoms with Gasteiger partial charge in [0.1, 0.15) is 24.4 Å². The number of carboxylic acids is 1. The highest BCUT2D eigenvalue weighted by atomic mass is 35.5. The molecule has 0 saturated carbocycles. The van der Waals surface area contributed by atoms with Crippen LogP contribution in [0.5, 0.6) is 5.75 Å². The zero-order valence-corrected chi connectivity index (χ0v) is 19.0. The number of thioether (sulfide) groups is 1. The van der Waals surface area contributed by atoms with Gasteiger partial charge in [-0.1, -0.05) is 41.4 Å². The number of carboxylic acid groups (broad SMARTS) is 2. The predicted molar refractivity (Wildman–Crippen MR) is 121 cm³/mol. The Labute approximate surface area is 198 Å². The summed E-state index contributed by atoms with van der Waals surface area (Å²) in [5.74, 6) is -0.834. The molecule has 0 bridgehead atoms. The average Bonchev–Trinajstić information content (AvgIpc) is 3.24. The van der Waals surface area contributed by atoms with Crippen LogP contribution < -0.4 is 10.1 Å². The number of amides is 2. The fourth-order valence-corrected chi connectivity index (χ4v) is 4.75. The normalized spacial score (nSPS) is 16.4. The van der Waals surface area contributed by atoms with Gasteiger partial charge in [0, 0.05) is 27.8 Å². The molecule has 0 aromatic heterocycles. The second kappa shape index (κ2) is 10.8. The van der Waals surface area contributed by atoms with E-state index < -0.39 is 30.1 Å². The fourth-order valence-electron chi connectivity index (χ4n) is 3.10. The third-order valence-corrected chi connectivity index (χ3v) is 6.57. The van der Waals surface area contributed by atoms with E-state index in [0.29, 0.717) is 26.9 Å². The summed E-state index contributed by atoms with van der Waals surface area (Å²) in [5, 5.41) is 22.1. The van der Waals surface area contributed by atoms with E-state index in [1.54, 1.807) is 42.5 Å². The largest absolute Gasteiger partial charge is 0.489 e. The molecular formula is C21H20Cl2N2O6S. The molecule has 2 aromatic carbocycles. The van der Waals surface area contributed by atoms with Crippen molar-refractivity contribution in [2.24, 2.45) is 0 Å². The summed E-state index contributed by atoms with van der Waals surface area (Å²) in [4.78, 5) is 36.3. The summed E-state index contributed by atoms with van der Waals surface area (Å²) in [6, 6.07) is 9.82. The molecular weight excluding hydrogens is 479 g/mol. The van der Waals surface area contributed by atoms with Crippen molar-refractivity contribution >= 4 is 52.9 Å². The third-order valence-electron chi connectivity index (χ3n) is 4.85. The van der Waals surface area contributed by atoms with E-state index in [2.05, 4.69) is 5.32 Å². The van der Waals surface area contributed by atoms with Crippen LogP contribution in [0.4, 0.5) is 4.79 Å². The highest BCUT2D eigenvalue weighted by Gasteiger charge is 2.36. The van der Waals surface area contributed by atoms with Crippen LogP contribution in [0.25, 0.3) is 0 Å². The van der Waals surface area contributed by atoms with Crippen molar-refractivity contribution in [3.05, 3.63) is 63.6 Å². The average molecular weight is 499 g/mol. The van der Waals surface area contributed by atoms with Gasteiger partial charge in [0.05, 0.1) is 5.88 Å². The van der Waals surface area contributed by atoms with Crippen molar-refractivity contribution in [3.63, 3.8) is 0 Å². The minimum atomic E-state index is -1.21. The molecule has 1 heterocycles. The van der Waals surface area contributed by atoms with Crippen LogP contribution in [-0.2, 0) is 22.6 Å². The first-order valence-electron chi connectivity index (χ1n) is 9.51. The lowest BCUT2D eigenvalue weighted by atomic mass is 10.1. The number of carbonyl (C=O) groups is 3. The van der Waals surface area contributed by atoms with Crippen LogP contribution in [0.2, 0.25) is 10.0 Å². The van der Waals surface area contributed by atoms with E-state index in [1.807, 2.05) is 0 Å². The second-order valence-corrected chi connectivity index (χ2v) is 8.82. The maximum absolute atomic E-state index is 12.5. The van der Waals surface area contributed by atoms with Gasteiger partial charge in [-0.25, -0.2) is 9.59 Å². The minimum absolute atomic E-state index is 0.0324. The van der Waals surface area contributed by atoms with Crippen molar-refractivity contribution < 1.29 is 29.3 Å². The Balaban J connectivity index is 1.60. The van der Waals surface area contributed by atoms with Crippen LogP contribution >= 0.6 is 35.0 Å². The van der Waals surface area contributed by atoms with Crippen molar-refractivity contribution in [1.29, 1.82) is 0 Å². The van der Waals surface area contributed by atoms with Crippen LogP contribution in [0, 0.1) is 0 Å². The molecule has 0 radical (unpaired) electrons. The van der Waals surface area contributed by atoms with Gasteiger partial charge >= 0.3 is 12.1 Å². The van der Waals surface area contributed by atoms with E-state index in [0.717, 1.165) is 4.90 Å². The maximum atomic E-state index is 12.5. The van der Waals surface area contributed by atoms with E-state index >= 15 is 0 Å². The maximum Gasteiger partial charge on any atom is 0.408 e. The van der Waals surface area contributed by atoms with E-state index in [9.17, 15) is 24.6 Å². The lowest BCUT2D eigenvalue weighted by Crippen LogP contribution is -2.52. The van der Waals surface area contributed by atoms with E-state index in [-0.39, 0.29) is 24.7 Å². The highest BCUT2D eigenvalue weighted by Crippen LogP contribution is 2.26. The molecule has 1 aliphatic heterocycles. The Morgan fingerprint density at radius 1 is 1.12 bits per heavy atom. The number of rotatable bonds is 8. The topological polar surface area (TPSA) is 116 Å². The summed E-state index contributed by atoms with van der Waals surface area (Å²) >= 11 is 13.6. The first-order valence-corrected chi connectivity index (χ1v) is 11.4. The zero-order chi connectivity index (χ0) is 23.3. The summed E-state index contributed by atoms with van der Waals surface area (Å²) < 4.78 is 5.71. The van der Waals surface area contributed by atoms with Crippen molar-refractivity contribution in [2.75, 3.05) is 11.6 Å². The van der Waals surface area contributed by atoms with Gasteiger partial charge in [0.2, 0.25) is 5.91 Å². The van der Waals surface area contributed by atoms with E-state index in [1.165, 1.54) is 11.8 Å². The van der Waals surface area contributed by atoms with Gasteiger partial charge in [-0.2, -0.15) is 0 Å². The van der Waals surface area contributed by atoms with Crippen molar-refractivity contribution in [1.82, 2.24) is 10.2 Å². The molecule has 11 heteroatoms. The molecule has 0 unspecified atom stereocenters. The molecule has 2 amide bonds. The summed E-state index contributed by atoms with van der Waals surface area (Å²) in [7, 11) is 0. The predicted octanol–water partition coefficient (Wildman–Crippen LogP) is 3.74. The Bertz CT molecular complexity index is 984. The molecule has 2 aromatic rings. The van der Waals surface area contributed by atoms with Crippen molar-refractivity contribution in [2.45, 2.75) is 25.1 Å². The highest BCUT2D eigenvalue weighted by molar-refractivity contribution is 7.99. The number of halogens is 2. The third kappa shape index (κ3) is 5.99. The zero-order valence-electron chi connectivity index (χ0n) is 16.7. The first kappa shape index (κ1) is 24.0. The molecule has 1 aliphatic rings. The number of ether oxygens (including phenoxy) is 1. The molecule has 3 rings (SSSR count).